The number of piperidine rings is 2. The van der Waals surface area contributed by atoms with E-state index in [2.05, 4.69) is 14.9 Å². The molecule has 2 aliphatic heterocycles. The minimum Gasteiger partial charge on any atom is -0.483 e. The van der Waals surface area contributed by atoms with Crippen LogP contribution in [-0.4, -0.2) is 69.7 Å². The maximum atomic E-state index is 12.7. The lowest BCUT2D eigenvalue weighted by atomic mass is 9.71. The van der Waals surface area contributed by atoms with Crippen molar-refractivity contribution in [3.8, 4) is 0 Å². The maximum Gasteiger partial charge on any atom is 0.290 e. The predicted octanol–water partition coefficient (Wildman–Crippen LogP) is 1.31. The van der Waals surface area contributed by atoms with Crippen LogP contribution in [0.5, 0.6) is 0 Å². The number of thiophene rings is 1. The molecule has 1 atom stereocenters. The van der Waals surface area contributed by atoms with E-state index in [1.165, 1.54) is 11.3 Å². The number of hydrogen-bond donors (Lipinski definition) is 3. The number of amides is 1. The second-order valence-corrected chi connectivity index (χ2v) is 8.21. The van der Waals surface area contributed by atoms with Gasteiger partial charge in [-0.25, -0.2) is 4.98 Å². The van der Waals surface area contributed by atoms with Crippen LogP contribution >= 0.6 is 11.3 Å². The molecule has 2 saturated heterocycles. The molecule has 2 fully saturated rings. The van der Waals surface area contributed by atoms with E-state index in [1.807, 2.05) is 21.7 Å². The van der Waals surface area contributed by atoms with Crippen molar-refractivity contribution in [3.63, 3.8) is 0 Å². The van der Waals surface area contributed by atoms with Gasteiger partial charge in [0.1, 0.15) is 5.82 Å². The summed E-state index contributed by atoms with van der Waals surface area (Å²) in [4.78, 5) is 33.7. The molecule has 2 aromatic heterocycles. The highest BCUT2D eigenvalue weighted by Crippen LogP contribution is 2.41. The number of carbonyl (C=O) groups excluding carboxylic acids is 1. The number of aromatic nitrogens is 2. The third-order valence-electron chi connectivity index (χ3n) is 5.45. The molecule has 0 radical (unpaired) electrons. The number of hydrogen-bond acceptors (Lipinski definition) is 8. The topological polar surface area (TPSA) is 133 Å². The van der Waals surface area contributed by atoms with E-state index in [0.717, 1.165) is 32.4 Å². The first kappa shape index (κ1) is 21.0. The molecule has 29 heavy (non-hydrogen) atoms. The van der Waals surface area contributed by atoms with Crippen molar-refractivity contribution in [2.45, 2.75) is 25.4 Å². The van der Waals surface area contributed by atoms with Crippen LogP contribution in [0.1, 0.15) is 29.6 Å². The standard InChI is InChI=1S/C18H23N5O2S.CH2O2/c19-15-1-5-20-17(21-15)22-6-3-18(4-7-22)9-14(24)10-23(12-18)16(25)13-2-8-26-11-13;2-1-3/h1-2,5,8,11,14,24H,3-4,6-7,9-10,12H2,(H2,19,20,21);1H,(H,2,3). The molecule has 2 aliphatic rings. The van der Waals surface area contributed by atoms with Gasteiger partial charge in [-0.2, -0.15) is 16.3 Å². The number of rotatable bonds is 2. The molecule has 2 aromatic rings. The lowest BCUT2D eigenvalue weighted by Crippen LogP contribution is -2.55. The molecule has 156 valence electrons. The second-order valence-electron chi connectivity index (χ2n) is 7.43. The summed E-state index contributed by atoms with van der Waals surface area (Å²) in [6.07, 6.45) is 3.74. The van der Waals surface area contributed by atoms with Crippen molar-refractivity contribution in [2.75, 3.05) is 36.8 Å². The van der Waals surface area contributed by atoms with Crippen molar-refractivity contribution in [1.29, 1.82) is 0 Å². The summed E-state index contributed by atoms with van der Waals surface area (Å²) in [7, 11) is 0. The Balaban J connectivity index is 0.000000755. The number of anilines is 2. The van der Waals surface area contributed by atoms with E-state index >= 15 is 0 Å². The highest BCUT2D eigenvalue weighted by molar-refractivity contribution is 7.08. The summed E-state index contributed by atoms with van der Waals surface area (Å²) < 4.78 is 0. The lowest BCUT2D eigenvalue weighted by Gasteiger charge is -2.49. The zero-order chi connectivity index (χ0) is 20.9. The fourth-order valence-corrected chi connectivity index (χ4v) is 4.76. The summed E-state index contributed by atoms with van der Waals surface area (Å²) in [5.74, 6) is 1.14. The van der Waals surface area contributed by atoms with Gasteiger partial charge >= 0.3 is 0 Å². The molecule has 9 nitrogen and oxygen atoms in total. The third-order valence-corrected chi connectivity index (χ3v) is 6.14. The zero-order valence-electron chi connectivity index (χ0n) is 16.0. The summed E-state index contributed by atoms with van der Waals surface area (Å²) in [5, 5.41) is 21.1. The van der Waals surface area contributed by atoms with Crippen LogP contribution < -0.4 is 10.6 Å². The van der Waals surface area contributed by atoms with Crippen LogP contribution in [0.4, 0.5) is 11.8 Å². The van der Waals surface area contributed by atoms with Gasteiger partial charge in [0, 0.05) is 37.8 Å². The van der Waals surface area contributed by atoms with Gasteiger partial charge in [0.25, 0.3) is 12.4 Å². The molecule has 4 heterocycles. The summed E-state index contributed by atoms with van der Waals surface area (Å²) in [5.41, 5.74) is 6.43. The summed E-state index contributed by atoms with van der Waals surface area (Å²) >= 11 is 1.52. The Morgan fingerprint density at radius 2 is 2.07 bits per heavy atom. The molecule has 1 amide bonds. The Morgan fingerprint density at radius 1 is 1.34 bits per heavy atom. The smallest absolute Gasteiger partial charge is 0.290 e. The number of nitrogens with two attached hydrogens (primary N) is 1. The van der Waals surface area contributed by atoms with Gasteiger partial charge in [0.05, 0.1) is 11.7 Å². The zero-order valence-corrected chi connectivity index (χ0v) is 16.8. The fraction of sp³-hybridized carbons (Fsp3) is 0.474. The molecular formula is C19H25N5O4S. The Hall–Kier alpha value is -2.72. The first-order chi connectivity index (χ1) is 14.0. The number of aliphatic hydroxyl groups excluding tert-OH is 1. The highest BCUT2D eigenvalue weighted by atomic mass is 32.1. The van der Waals surface area contributed by atoms with Crippen molar-refractivity contribution in [2.24, 2.45) is 5.41 Å². The van der Waals surface area contributed by atoms with E-state index in [-0.39, 0.29) is 17.8 Å². The average molecular weight is 420 g/mol. The molecule has 0 saturated carbocycles. The number of nitrogen functional groups attached to an aromatic ring is 1. The summed E-state index contributed by atoms with van der Waals surface area (Å²) in [6, 6.07) is 3.53. The first-order valence-corrected chi connectivity index (χ1v) is 10.3. The number of carboxylic acid groups (broad SMARTS) is 1. The first-order valence-electron chi connectivity index (χ1n) is 9.37. The fourth-order valence-electron chi connectivity index (χ4n) is 4.13. The normalized spacial score (nSPS) is 20.7. The lowest BCUT2D eigenvalue weighted by molar-refractivity contribution is -0.122. The molecule has 0 aliphatic carbocycles. The monoisotopic (exact) mass is 419 g/mol. The Kier molecular flexibility index (Phi) is 6.65. The predicted molar refractivity (Wildman–Crippen MR) is 110 cm³/mol. The minimum atomic E-state index is -0.471. The van der Waals surface area contributed by atoms with Gasteiger partial charge in [-0.1, -0.05) is 0 Å². The second kappa shape index (κ2) is 9.19. The van der Waals surface area contributed by atoms with Crippen LogP contribution in [0.2, 0.25) is 0 Å². The van der Waals surface area contributed by atoms with Crippen molar-refractivity contribution >= 4 is 35.5 Å². The molecular weight excluding hydrogens is 394 g/mol. The largest absolute Gasteiger partial charge is 0.483 e. The maximum absolute atomic E-state index is 12.7. The van der Waals surface area contributed by atoms with Crippen LogP contribution in [0.25, 0.3) is 0 Å². The number of β-amino-alcohol motifs (C(OH)–C–C–N with tert-alkyl or cyclic N) is 1. The molecule has 4 N–H and O–H groups in total. The average Bonchev–Trinajstić information content (AvgIpc) is 3.23. The summed E-state index contributed by atoms with van der Waals surface area (Å²) in [6.45, 7) is 2.47. The van der Waals surface area contributed by atoms with Gasteiger partial charge in [0.2, 0.25) is 5.95 Å². The Labute approximate surface area is 172 Å². The molecule has 0 aromatic carbocycles. The minimum absolute atomic E-state index is 0.0194. The molecule has 1 unspecified atom stereocenters. The van der Waals surface area contributed by atoms with Gasteiger partial charge in [0.15, 0.2) is 0 Å². The van der Waals surface area contributed by atoms with Crippen LogP contribution in [0.15, 0.2) is 29.1 Å². The number of aliphatic hydroxyl groups is 1. The Bertz CT molecular complexity index is 824. The quantitative estimate of drug-likeness (QED) is 0.621. The number of likely N-dealkylation sites (tertiary alicyclic amines) is 1. The number of carbonyl (C=O) groups is 2. The van der Waals surface area contributed by atoms with Crippen molar-refractivity contribution < 1.29 is 19.8 Å². The van der Waals surface area contributed by atoms with E-state index < -0.39 is 6.10 Å². The van der Waals surface area contributed by atoms with E-state index in [9.17, 15) is 9.90 Å². The van der Waals surface area contributed by atoms with Gasteiger partial charge < -0.3 is 25.7 Å². The SMILES string of the molecule is Nc1ccnc(N2CCC3(CC2)CC(O)CN(C(=O)c2ccsc2)C3)n1.O=CO. The van der Waals surface area contributed by atoms with Gasteiger partial charge in [-0.05, 0) is 42.2 Å². The molecule has 10 heteroatoms. The molecule has 4 rings (SSSR count). The van der Waals surface area contributed by atoms with Gasteiger partial charge in [-0.3, -0.25) is 9.59 Å². The van der Waals surface area contributed by atoms with E-state index in [1.54, 1.807) is 12.3 Å². The molecule has 1 spiro atoms. The Morgan fingerprint density at radius 3 is 2.69 bits per heavy atom. The van der Waals surface area contributed by atoms with Crippen LogP contribution in [-0.2, 0) is 4.79 Å². The van der Waals surface area contributed by atoms with Crippen molar-refractivity contribution in [1.82, 2.24) is 14.9 Å². The van der Waals surface area contributed by atoms with E-state index in [4.69, 9.17) is 15.6 Å². The van der Waals surface area contributed by atoms with Crippen molar-refractivity contribution in [3.05, 3.63) is 34.7 Å². The van der Waals surface area contributed by atoms with Crippen LogP contribution in [0, 0.1) is 5.41 Å². The van der Waals surface area contributed by atoms with Crippen LogP contribution in [0.3, 0.4) is 0 Å². The third kappa shape index (κ3) is 5.01. The highest BCUT2D eigenvalue weighted by Gasteiger charge is 2.43. The number of nitrogens with zero attached hydrogens (tertiary/aromatic N) is 4. The van der Waals surface area contributed by atoms with E-state index in [0.29, 0.717) is 30.4 Å². The van der Waals surface area contributed by atoms with Gasteiger partial charge in [-0.15, -0.1) is 0 Å². The molecule has 0 bridgehead atoms.